The van der Waals surface area contributed by atoms with Crippen LogP contribution < -0.4 is 4.74 Å². The van der Waals surface area contributed by atoms with E-state index in [1.165, 1.54) is 12.1 Å². The Hall–Kier alpha value is -2.75. The van der Waals surface area contributed by atoms with Crippen LogP contribution in [-0.2, 0) is 0 Å². The predicted molar refractivity (Wildman–Crippen MR) is 138 cm³/mol. The van der Waals surface area contributed by atoms with Crippen LogP contribution >= 0.6 is 21.0 Å². The molecule has 2 atom stereocenters. The molecule has 0 bridgehead atoms. The fourth-order valence-corrected chi connectivity index (χ4v) is 5.45. The summed E-state index contributed by atoms with van der Waals surface area (Å²) in [6, 6.07) is 13.6. The van der Waals surface area contributed by atoms with Crippen molar-refractivity contribution in [3.05, 3.63) is 77.9 Å². The van der Waals surface area contributed by atoms with Gasteiger partial charge in [0, 0.05) is 40.9 Å². The maximum absolute atomic E-state index is 13.9. The number of aryl methyl sites for hydroxylation is 1. The van der Waals surface area contributed by atoms with Crippen LogP contribution in [0.15, 0.2) is 60.9 Å². The highest BCUT2D eigenvalue weighted by atomic mass is 127. The van der Waals surface area contributed by atoms with Crippen LogP contribution in [0.1, 0.15) is 35.2 Å². The van der Waals surface area contributed by atoms with Crippen molar-refractivity contribution in [3.8, 4) is 17.1 Å². The Bertz CT molecular complexity index is 1130. The smallest absolute Gasteiger partial charge is 0.254 e. The van der Waals surface area contributed by atoms with Crippen molar-refractivity contribution in [2.45, 2.75) is 32.2 Å². The molecule has 0 spiro atoms. The monoisotopic (exact) mass is 574 g/mol. The lowest BCUT2D eigenvalue weighted by molar-refractivity contribution is 0.0401. The van der Waals surface area contributed by atoms with E-state index in [1.807, 2.05) is 30.0 Å². The molecule has 6 nitrogen and oxygen atoms in total. The van der Waals surface area contributed by atoms with E-state index in [9.17, 15) is 9.18 Å². The second kappa shape index (κ2) is 11.6. The van der Waals surface area contributed by atoms with E-state index >= 15 is 0 Å². The van der Waals surface area contributed by atoms with E-state index in [2.05, 4.69) is 9.97 Å². The van der Waals surface area contributed by atoms with Crippen molar-refractivity contribution in [1.29, 1.82) is 3.56 Å². The zero-order chi connectivity index (χ0) is 23.9. The molecule has 2 unspecified atom stereocenters. The van der Waals surface area contributed by atoms with Crippen molar-refractivity contribution >= 4 is 26.9 Å². The van der Waals surface area contributed by atoms with Crippen LogP contribution in [0.4, 0.5) is 4.39 Å². The predicted octanol–water partition coefficient (Wildman–Crippen LogP) is 6.01. The number of nitrogens with one attached hydrogen (secondary N) is 1. The number of aromatic nitrogens is 2. The summed E-state index contributed by atoms with van der Waals surface area (Å²) < 4.78 is 27.8. The van der Waals surface area contributed by atoms with E-state index in [1.54, 1.807) is 30.6 Å². The highest BCUT2D eigenvalue weighted by molar-refractivity contribution is 14.1. The molecule has 34 heavy (non-hydrogen) atoms. The summed E-state index contributed by atoms with van der Waals surface area (Å²) in [5.41, 5.74) is 2.34. The molecule has 1 fully saturated rings. The maximum Gasteiger partial charge on any atom is 0.254 e. The molecule has 178 valence electrons. The van der Waals surface area contributed by atoms with Gasteiger partial charge in [-0.2, -0.15) is 0 Å². The first-order valence-corrected chi connectivity index (χ1v) is 14.0. The average Bonchev–Trinajstić information content (AvgIpc) is 2.87. The third-order valence-corrected chi connectivity index (χ3v) is 7.33. The number of ether oxygens (including phenoxy) is 1. The van der Waals surface area contributed by atoms with Gasteiger partial charge in [-0.3, -0.25) is 8.36 Å². The van der Waals surface area contributed by atoms with Gasteiger partial charge in [-0.15, -0.1) is 0 Å². The Balaban J connectivity index is 1.60. The summed E-state index contributed by atoms with van der Waals surface area (Å²) in [7, 11) is 0. The van der Waals surface area contributed by atoms with Gasteiger partial charge < -0.3 is 9.64 Å². The molecule has 1 amide bonds. The first-order valence-electron chi connectivity index (χ1n) is 11.4. The Labute approximate surface area is 209 Å². The number of alkyl halides is 1. The number of carbonyl (C=O) groups excluding carboxylic acids is 1. The summed E-state index contributed by atoms with van der Waals surface area (Å²) in [4.78, 5) is 24.6. The largest absolute Gasteiger partial charge is 0.493 e. The molecule has 1 aromatic heterocycles. The van der Waals surface area contributed by atoms with Gasteiger partial charge in [-0.1, -0.05) is 17.7 Å². The van der Waals surface area contributed by atoms with Gasteiger partial charge in [-0.25, -0.2) is 14.4 Å². The molecular weight excluding hydrogens is 546 g/mol. The maximum atomic E-state index is 13.9. The molecule has 1 N–H and O–H groups in total. The number of amides is 1. The highest BCUT2D eigenvalue weighted by Crippen LogP contribution is 2.31. The lowest BCUT2D eigenvalue weighted by Crippen LogP contribution is -2.50. The van der Waals surface area contributed by atoms with Crippen LogP contribution in [0.2, 0.25) is 0 Å². The summed E-state index contributed by atoms with van der Waals surface area (Å²) in [6.07, 6.45) is 6.00. The second-order valence-corrected chi connectivity index (χ2v) is 10.3. The number of nitrogens with zero attached hydrogens (tertiary/aromatic N) is 3. The highest BCUT2D eigenvalue weighted by Gasteiger charge is 2.35. The molecule has 2 heterocycles. The number of carbonyl (C=O) groups is 1. The van der Waals surface area contributed by atoms with Gasteiger partial charge in [0.1, 0.15) is 11.6 Å². The van der Waals surface area contributed by atoms with E-state index in [4.69, 9.17) is 8.30 Å². The second-order valence-electron chi connectivity index (χ2n) is 8.47. The number of halogens is 2. The van der Waals surface area contributed by atoms with Crippen LogP contribution in [-0.4, -0.2) is 44.4 Å². The van der Waals surface area contributed by atoms with E-state index < -0.39 is 21.0 Å². The lowest BCUT2D eigenvalue weighted by atomic mass is 9.87. The normalized spacial score (nSPS) is 18.0. The van der Waals surface area contributed by atoms with E-state index in [0.717, 1.165) is 34.8 Å². The molecule has 2 aromatic carbocycles. The van der Waals surface area contributed by atoms with Crippen molar-refractivity contribution in [2.75, 3.05) is 17.6 Å². The lowest BCUT2D eigenvalue weighted by Gasteiger charge is -2.41. The summed E-state index contributed by atoms with van der Waals surface area (Å²) in [5.74, 6) is 0.993. The molecule has 3 aromatic rings. The van der Waals surface area contributed by atoms with Crippen molar-refractivity contribution in [2.24, 2.45) is 5.92 Å². The van der Waals surface area contributed by atoms with Crippen LogP contribution in [0, 0.1) is 22.2 Å². The molecule has 0 aliphatic carbocycles. The zero-order valence-corrected chi connectivity index (χ0v) is 21.2. The summed E-state index contributed by atoms with van der Waals surface area (Å²) >= 11 is -0.631. The van der Waals surface area contributed by atoms with E-state index in [0.29, 0.717) is 30.3 Å². The molecule has 8 heteroatoms. The number of hydrogen-bond donors (Lipinski definition) is 1. The minimum atomic E-state index is -0.631. The fraction of sp³-hybridized carbons (Fsp3) is 0.346. The molecule has 4 rings (SSSR count). The summed E-state index contributed by atoms with van der Waals surface area (Å²) in [5, 5.41) is 0. The number of likely N-dealkylation sites (tertiary alicyclic amines) is 1. The van der Waals surface area contributed by atoms with Crippen LogP contribution in [0.5, 0.6) is 5.75 Å². The molecule has 1 aliphatic heterocycles. The van der Waals surface area contributed by atoms with Crippen molar-refractivity contribution in [3.63, 3.8) is 0 Å². The standard InChI is InChI=1S/C26H28FIN4O2/c1-18-5-10-22(25-30-13-3-14-31-25)23(16-18)26(33)32-15-2-4-19(24(32)11-12-28-29)17-34-21-8-6-20(27)7-9-21/h3,5-10,13-14,16,19,24,29H,2,4,11-12,15,17H2,1H3. The molecule has 1 saturated heterocycles. The van der Waals surface area contributed by atoms with Gasteiger partial charge in [0.05, 0.1) is 12.2 Å². The molecular formula is C26H28FIN4O2. The Morgan fingerprint density at radius 3 is 2.71 bits per heavy atom. The topological polar surface area (TPSA) is 79.2 Å². The third-order valence-electron chi connectivity index (χ3n) is 6.17. The minimum Gasteiger partial charge on any atom is -0.493 e. The Morgan fingerprint density at radius 2 is 1.97 bits per heavy atom. The molecule has 0 radical (unpaired) electrons. The number of hydrogen-bond acceptors (Lipinski definition) is 5. The van der Waals surface area contributed by atoms with Crippen molar-refractivity contribution in [1.82, 2.24) is 14.9 Å². The van der Waals surface area contributed by atoms with Crippen LogP contribution in [0.25, 0.3) is 11.4 Å². The fourth-order valence-electron chi connectivity index (χ4n) is 4.50. The van der Waals surface area contributed by atoms with Gasteiger partial charge >= 0.3 is 0 Å². The number of benzene rings is 2. The van der Waals surface area contributed by atoms with Gasteiger partial charge in [0.25, 0.3) is 5.91 Å². The Morgan fingerprint density at radius 1 is 1.21 bits per heavy atom. The van der Waals surface area contributed by atoms with E-state index in [-0.39, 0.29) is 23.7 Å². The van der Waals surface area contributed by atoms with Crippen molar-refractivity contribution < 1.29 is 13.9 Å². The molecule has 1 aliphatic rings. The number of piperidine rings is 1. The zero-order valence-electron chi connectivity index (χ0n) is 19.1. The van der Waals surface area contributed by atoms with Crippen LogP contribution in [0.3, 0.4) is 0 Å². The Kier molecular flexibility index (Phi) is 8.31. The first-order chi connectivity index (χ1) is 16.6. The minimum absolute atomic E-state index is 0.00296. The van der Waals surface area contributed by atoms with Gasteiger partial charge in [0.2, 0.25) is 0 Å². The molecule has 0 saturated carbocycles. The SMILES string of the molecule is Cc1ccc(-c2ncccn2)c(C(=O)N2CCCC(COc3ccc(F)cc3)C2CCI=N)c1. The third kappa shape index (κ3) is 5.84. The quantitative estimate of drug-likeness (QED) is 0.264. The first kappa shape index (κ1) is 24.4. The average molecular weight is 574 g/mol. The van der Waals surface area contributed by atoms with Gasteiger partial charge in [0.15, 0.2) is 5.82 Å². The van der Waals surface area contributed by atoms with Gasteiger partial charge in [-0.05, 0) is 83.6 Å². The summed E-state index contributed by atoms with van der Waals surface area (Å²) in [6.45, 7) is 3.11. The number of rotatable bonds is 8.